The number of rotatable bonds is 6. The highest BCUT2D eigenvalue weighted by Gasteiger charge is 2.39. The van der Waals surface area contributed by atoms with Crippen molar-refractivity contribution in [3.63, 3.8) is 0 Å². The lowest BCUT2D eigenvalue weighted by molar-refractivity contribution is -0.146. The largest absolute Gasteiger partial charge is 0.368 e. The maximum absolute atomic E-state index is 13.8. The summed E-state index contributed by atoms with van der Waals surface area (Å²) in [5.41, 5.74) is 0.763. The van der Waals surface area contributed by atoms with Crippen molar-refractivity contribution in [3.8, 4) is 0 Å². The van der Waals surface area contributed by atoms with Crippen molar-refractivity contribution in [1.82, 2.24) is 15.5 Å². The van der Waals surface area contributed by atoms with Crippen molar-refractivity contribution in [2.75, 3.05) is 34.3 Å². The topological polar surface area (TPSA) is 53.6 Å². The van der Waals surface area contributed by atoms with E-state index >= 15 is 0 Å². The molecule has 0 aliphatic carbocycles. The smallest absolute Gasteiger partial charge is 0.252 e. The van der Waals surface area contributed by atoms with E-state index in [4.69, 9.17) is 4.74 Å². The number of methoxy groups -OCH3 is 1. The Morgan fingerprint density at radius 2 is 2.09 bits per heavy atom. The van der Waals surface area contributed by atoms with Gasteiger partial charge in [0, 0.05) is 25.8 Å². The van der Waals surface area contributed by atoms with Gasteiger partial charge in [-0.25, -0.2) is 4.39 Å². The average Bonchev–Trinajstić information content (AvgIpc) is 2.55. The first-order valence-electron chi connectivity index (χ1n) is 7.93. The Hall–Kier alpha value is -1.50. The Morgan fingerprint density at radius 3 is 2.70 bits per heavy atom. The Morgan fingerprint density at radius 1 is 1.39 bits per heavy atom. The van der Waals surface area contributed by atoms with Crippen LogP contribution in [0.5, 0.6) is 0 Å². The molecule has 2 rings (SSSR count). The lowest BCUT2D eigenvalue weighted by atomic mass is 9.91. The number of benzene rings is 1. The van der Waals surface area contributed by atoms with Gasteiger partial charge in [0.05, 0.1) is 0 Å². The van der Waals surface area contributed by atoms with Crippen molar-refractivity contribution in [3.05, 3.63) is 35.1 Å². The van der Waals surface area contributed by atoms with E-state index in [2.05, 4.69) is 10.6 Å². The zero-order valence-electron chi connectivity index (χ0n) is 14.1. The maximum atomic E-state index is 13.8. The molecule has 1 fully saturated rings. The highest BCUT2D eigenvalue weighted by Crippen LogP contribution is 2.23. The van der Waals surface area contributed by atoms with Crippen LogP contribution in [0.25, 0.3) is 0 Å². The third-order valence-corrected chi connectivity index (χ3v) is 4.27. The van der Waals surface area contributed by atoms with Crippen molar-refractivity contribution in [2.24, 2.45) is 0 Å². The number of carbonyl (C=O) groups is 1. The van der Waals surface area contributed by atoms with Gasteiger partial charge in [-0.2, -0.15) is 0 Å². The number of hydrogen-bond acceptors (Lipinski definition) is 4. The number of ether oxygens (including phenoxy) is 1. The van der Waals surface area contributed by atoms with Gasteiger partial charge in [0.25, 0.3) is 5.91 Å². The van der Waals surface area contributed by atoms with E-state index in [1.165, 1.54) is 6.07 Å². The first-order chi connectivity index (χ1) is 11.0. The fourth-order valence-electron chi connectivity index (χ4n) is 2.90. The summed E-state index contributed by atoms with van der Waals surface area (Å²) in [6, 6.07) is 4.96. The molecule has 1 saturated heterocycles. The van der Waals surface area contributed by atoms with Gasteiger partial charge in [-0.05, 0) is 57.7 Å². The minimum Gasteiger partial charge on any atom is -0.368 e. The maximum Gasteiger partial charge on any atom is 0.252 e. The Labute approximate surface area is 137 Å². The molecule has 0 saturated carbocycles. The molecule has 0 spiro atoms. The molecule has 1 aromatic rings. The fourth-order valence-corrected chi connectivity index (χ4v) is 2.90. The molecule has 128 valence electrons. The molecule has 0 aromatic heterocycles. The highest BCUT2D eigenvalue weighted by molar-refractivity contribution is 5.85. The first kappa shape index (κ1) is 17.8. The number of amides is 1. The summed E-state index contributed by atoms with van der Waals surface area (Å²) in [5.74, 6) is -0.319. The zero-order valence-corrected chi connectivity index (χ0v) is 14.1. The molecule has 0 atom stereocenters. The molecule has 1 heterocycles. The van der Waals surface area contributed by atoms with E-state index in [9.17, 15) is 9.18 Å². The van der Waals surface area contributed by atoms with E-state index in [-0.39, 0.29) is 11.7 Å². The zero-order chi connectivity index (χ0) is 16.9. The monoisotopic (exact) mass is 323 g/mol. The number of hydrogen-bond donors (Lipinski definition) is 2. The predicted octanol–water partition coefficient (Wildman–Crippen LogP) is 1.27. The second-order valence-electron chi connectivity index (χ2n) is 6.29. The summed E-state index contributed by atoms with van der Waals surface area (Å²) in [5, 5.41) is 6.16. The first-order valence-corrected chi connectivity index (χ1v) is 7.93. The Kier molecular flexibility index (Phi) is 6.10. The standard InChI is InChI=1S/C17H26FN3O2/c1-21(2)12-14-10-13(4-5-15(14)18)11-20-16(22)17(23-3)6-8-19-9-7-17/h4-5,10,19H,6-9,11-12H2,1-3H3,(H,20,22). The second-order valence-corrected chi connectivity index (χ2v) is 6.29. The summed E-state index contributed by atoms with van der Waals surface area (Å²) < 4.78 is 19.3. The molecule has 1 amide bonds. The lowest BCUT2D eigenvalue weighted by Crippen LogP contribution is -2.53. The summed E-state index contributed by atoms with van der Waals surface area (Å²) in [4.78, 5) is 14.4. The van der Waals surface area contributed by atoms with E-state index in [0.717, 1.165) is 18.7 Å². The normalized spacial score (nSPS) is 17.3. The van der Waals surface area contributed by atoms with Crippen LogP contribution in [0, 0.1) is 5.82 Å². The Bertz CT molecular complexity index is 543. The van der Waals surface area contributed by atoms with Gasteiger partial charge in [-0.15, -0.1) is 0 Å². The number of halogens is 1. The molecule has 5 nitrogen and oxygen atoms in total. The highest BCUT2D eigenvalue weighted by atomic mass is 19.1. The van der Waals surface area contributed by atoms with Crippen molar-refractivity contribution < 1.29 is 13.9 Å². The lowest BCUT2D eigenvalue weighted by Gasteiger charge is -2.34. The summed E-state index contributed by atoms with van der Waals surface area (Å²) in [6.45, 7) is 2.44. The number of carbonyl (C=O) groups excluding carboxylic acids is 1. The fraction of sp³-hybridized carbons (Fsp3) is 0.588. The van der Waals surface area contributed by atoms with Gasteiger partial charge in [-0.3, -0.25) is 4.79 Å². The van der Waals surface area contributed by atoms with Crippen molar-refractivity contribution in [1.29, 1.82) is 0 Å². The number of nitrogens with zero attached hydrogens (tertiary/aromatic N) is 1. The number of nitrogens with one attached hydrogen (secondary N) is 2. The summed E-state index contributed by atoms with van der Waals surface area (Å²) >= 11 is 0. The van der Waals surface area contributed by atoms with Crippen LogP contribution in [0.15, 0.2) is 18.2 Å². The molecule has 0 bridgehead atoms. The third kappa shape index (κ3) is 4.50. The quantitative estimate of drug-likeness (QED) is 0.828. The van der Waals surface area contributed by atoms with E-state index in [1.54, 1.807) is 19.2 Å². The van der Waals surface area contributed by atoms with Gasteiger partial charge in [-0.1, -0.05) is 6.07 Å². The molecule has 0 unspecified atom stereocenters. The molecular weight excluding hydrogens is 297 g/mol. The van der Waals surface area contributed by atoms with Crippen LogP contribution in [0.3, 0.4) is 0 Å². The van der Waals surface area contributed by atoms with E-state index in [1.807, 2.05) is 19.0 Å². The van der Waals surface area contributed by atoms with Crippen LogP contribution in [0.1, 0.15) is 24.0 Å². The minimum atomic E-state index is -0.752. The van der Waals surface area contributed by atoms with Crippen LogP contribution >= 0.6 is 0 Å². The predicted molar refractivity (Wildman–Crippen MR) is 87.5 cm³/mol. The molecule has 23 heavy (non-hydrogen) atoms. The SMILES string of the molecule is COC1(C(=O)NCc2ccc(F)c(CN(C)C)c2)CCNCC1. The van der Waals surface area contributed by atoms with Crippen LogP contribution in [-0.2, 0) is 22.6 Å². The van der Waals surface area contributed by atoms with Crippen LogP contribution in [0.4, 0.5) is 4.39 Å². The summed E-state index contributed by atoms with van der Waals surface area (Å²) in [7, 11) is 5.37. The van der Waals surface area contributed by atoms with Crippen LogP contribution in [-0.4, -0.2) is 50.7 Å². The van der Waals surface area contributed by atoms with Gasteiger partial charge < -0.3 is 20.3 Å². The molecule has 1 aromatic carbocycles. The molecule has 1 aliphatic rings. The minimum absolute atomic E-state index is 0.0972. The molecule has 1 aliphatic heterocycles. The van der Waals surface area contributed by atoms with Crippen molar-refractivity contribution >= 4 is 5.91 Å². The van der Waals surface area contributed by atoms with Gasteiger partial charge >= 0.3 is 0 Å². The van der Waals surface area contributed by atoms with Crippen LogP contribution < -0.4 is 10.6 Å². The average molecular weight is 323 g/mol. The van der Waals surface area contributed by atoms with Gasteiger partial charge in [0.1, 0.15) is 11.4 Å². The molecule has 2 N–H and O–H groups in total. The molecular formula is C17H26FN3O2. The van der Waals surface area contributed by atoms with E-state index < -0.39 is 5.60 Å². The van der Waals surface area contributed by atoms with Crippen molar-refractivity contribution in [2.45, 2.75) is 31.5 Å². The second kappa shape index (κ2) is 7.86. The third-order valence-electron chi connectivity index (χ3n) is 4.27. The molecule has 6 heteroatoms. The Balaban J connectivity index is 2.01. The van der Waals surface area contributed by atoms with E-state index in [0.29, 0.717) is 31.5 Å². The van der Waals surface area contributed by atoms with Gasteiger partial charge in [0.2, 0.25) is 0 Å². The van der Waals surface area contributed by atoms with Gasteiger partial charge in [0.15, 0.2) is 0 Å². The molecule has 0 radical (unpaired) electrons. The van der Waals surface area contributed by atoms with Crippen LogP contribution in [0.2, 0.25) is 0 Å². The summed E-state index contributed by atoms with van der Waals surface area (Å²) in [6.07, 6.45) is 1.31. The number of piperidine rings is 1.